The molecule has 0 unspecified atom stereocenters. The van der Waals surface area contributed by atoms with E-state index in [1.165, 1.54) is 18.5 Å². The first-order chi connectivity index (χ1) is 17.6. The Kier molecular flexibility index (Phi) is 9.66. The molecule has 0 aliphatic rings. The number of rotatable bonds is 11. The molecule has 3 aromatic rings. The maximum Gasteiger partial charge on any atom is 0.407 e. The van der Waals surface area contributed by atoms with Gasteiger partial charge in [-0.1, -0.05) is 45.7 Å². The first-order valence-electron chi connectivity index (χ1n) is 13.3. The number of hydrogen-bond acceptors (Lipinski definition) is 6. The minimum atomic E-state index is -0.523. The van der Waals surface area contributed by atoms with E-state index in [1.807, 2.05) is 45.9 Å². The smallest absolute Gasteiger partial charge is 0.407 e. The highest BCUT2D eigenvalue weighted by atomic mass is 16.6. The van der Waals surface area contributed by atoms with Gasteiger partial charge in [0, 0.05) is 36.6 Å². The molecule has 0 atom stereocenters. The Balaban J connectivity index is 1.68. The number of hydrogen-bond donors (Lipinski definition) is 2. The van der Waals surface area contributed by atoms with E-state index < -0.39 is 11.7 Å². The summed E-state index contributed by atoms with van der Waals surface area (Å²) in [5, 5.41) is 10.9. The Morgan fingerprint density at radius 1 is 1.11 bits per heavy atom. The third-order valence-corrected chi connectivity index (χ3v) is 6.49. The van der Waals surface area contributed by atoms with E-state index >= 15 is 0 Å². The van der Waals surface area contributed by atoms with Crippen molar-refractivity contribution < 1.29 is 9.53 Å². The number of nitrogens with zero attached hydrogens (tertiary/aromatic N) is 4. The van der Waals surface area contributed by atoms with Crippen LogP contribution in [0.4, 0.5) is 16.6 Å². The summed E-state index contributed by atoms with van der Waals surface area (Å²) in [7, 11) is 0. The highest BCUT2D eigenvalue weighted by molar-refractivity contribution is 5.68. The van der Waals surface area contributed by atoms with E-state index in [9.17, 15) is 4.79 Å². The van der Waals surface area contributed by atoms with Crippen LogP contribution in [0.25, 0.3) is 11.3 Å². The molecule has 0 saturated carbocycles. The van der Waals surface area contributed by atoms with Crippen molar-refractivity contribution >= 4 is 17.9 Å². The first kappa shape index (κ1) is 28.2. The normalized spacial score (nSPS) is 11.6. The summed E-state index contributed by atoms with van der Waals surface area (Å²) < 4.78 is 7.43. The minimum absolute atomic E-state index is 0.400. The van der Waals surface area contributed by atoms with Gasteiger partial charge in [-0.25, -0.2) is 14.8 Å². The van der Waals surface area contributed by atoms with Crippen LogP contribution in [0, 0.1) is 12.8 Å². The zero-order chi connectivity index (χ0) is 27.0. The molecule has 0 fully saturated rings. The van der Waals surface area contributed by atoms with E-state index in [-0.39, 0.29) is 0 Å². The predicted molar refractivity (Wildman–Crippen MR) is 149 cm³/mol. The van der Waals surface area contributed by atoms with Gasteiger partial charge in [-0.05, 0) is 69.7 Å². The molecule has 0 radical (unpaired) electrons. The number of benzene rings is 1. The molecule has 2 N–H and O–H groups in total. The van der Waals surface area contributed by atoms with Crippen LogP contribution in [-0.4, -0.2) is 31.4 Å². The number of alkyl carbamates (subject to hydrolysis) is 1. The number of anilines is 2. The number of nitrogens with one attached hydrogen (secondary N) is 2. The third-order valence-electron chi connectivity index (χ3n) is 6.49. The number of carbonyl (C=O) groups excluding carboxylic acids is 1. The van der Waals surface area contributed by atoms with Gasteiger partial charge < -0.3 is 15.4 Å². The van der Waals surface area contributed by atoms with Crippen LogP contribution in [0.15, 0.2) is 36.5 Å². The number of aromatic nitrogens is 4. The molecule has 2 heterocycles. The van der Waals surface area contributed by atoms with E-state index in [2.05, 4.69) is 53.2 Å². The van der Waals surface area contributed by atoms with Gasteiger partial charge in [0.2, 0.25) is 5.95 Å². The van der Waals surface area contributed by atoms with Crippen molar-refractivity contribution in [3.63, 3.8) is 0 Å². The molecule has 8 heteroatoms. The molecule has 0 bridgehead atoms. The second kappa shape index (κ2) is 12.7. The first-order valence-corrected chi connectivity index (χ1v) is 13.3. The summed E-state index contributed by atoms with van der Waals surface area (Å²) in [6.45, 7) is 15.6. The third kappa shape index (κ3) is 8.30. The van der Waals surface area contributed by atoms with Crippen LogP contribution in [0.3, 0.4) is 0 Å². The maximum absolute atomic E-state index is 12.0. The van der Waals surface area contributed by atoms with Crippen LogP contribution >= 0.6 is 0 Å². The largest absolute Gasteiger partial charge is 0.444 e. The molecule has 0 saturated heterocycles. The zero-order valence-corrected chi connectivity index (χ0v) is 23.4. The lowest BCUT2D eigenvalue weighted by Gasteiger charge is -2.20. The van der Waals surface area contributed by atoms with E-state index in [0.29, 0.717) is 12.5 Å². The molecule has 0 spiro atoms. The Hall–Kier alpha value is -3.42. The molecular formula is C29H42N6O2. The van der Waals surface area contributed by atoms with Crippen molar-refractivity contribution in [2.24, 2.45) is 5.92 Å². The summed E-state index contributed by atoms with van der Waals surface area (Å²) in [6, 6.07) is 10.1. The van der Waals surface area contributed by atoms with Crippen LogP contribution in [0.1, 0.15) is 77.6 Å². The fourth-order valence-corrected chi connectivity index (χ4v) is 4.23. The number of amides is 1. The zero-order valence-electron chi connectivity index (χ0n) is 23.4. The second-order valence-electron chi connectivity index (χ2n) is 10.5. The van der Waals surface area contributed by atoms with Gasteiger partial charge in [-0.2, -0.15) is 5.10 Å². The summed E-state index contributed by atoms with van der Waals surface area (Å²) in [5.74, 6) is 2.00. The van der Waals surface area contributed by atoms with Crippen LogP contribution in [-0.2, 0) is 24.2 Å². The van der Waals surface area contributed by atoms with Crippen molar-refractivity contribution in [1.82, 2.24) is 25.1 Å². The lowest BCUT2D eigenvalue weighted by atomic mass is 10.00. The minimum Gasteiger partial charge on any atom is -0.444 e. The highest BCUT2D eigenvalue weighted by Gasteiger charge is 2.16. The molecule has 1 amide bonds. The summed E-state index contributed by atoms with van der Waals surface area (Å²) >= 11 is 0. The highest BCUT2D eigenvalue weighted by Crippen LogP contribution is 2.23. The van der Waals surface area contributed by atoms with Crippen molar-refractivity contribution in [2.45, 2.75) is 92.8 Å². The van der Waals surface area contributed by atoms with Gasteiger partial charge in [-0.15, -0.1) is 0 Å². The average Bonchev–Trinajstić information content (AvgIpc) is 3.24. The van der Waals surface area contributed by atoms with Gasteiger partial charge in [0.1, 0.15) is 5.60 Å². The Bertz CT molecular complexity index is 1180. The quantitative estimate of drug-likeness (QED) is 0.297. The van der Waals surface area contributed by atoms with Crippen LogP contribution in [0.2, 0.25) is 0 Å². The molecule has 3 rings (SSSR count). The van der Waals surface area contributed by atoms with E-state index in [1.54, 1.807) is 6.20 Å². The molecule has 200 valence electrons. The molecule has 8 nitrogen and oxygen atoms in total. The monoisotopic (exact) mass is 506 g/mol. The Morgan fingerprint density at radius 3 is 2.51 bits per heavy atom. The van der Waals surface area contributed by atoms with E-state index in [4.69, 9.17) is 14.8 Å². The fraction of sp³-hybridized carbons (Fsp3) is 0.517. The predicted octanol–water partition coefficient (Wildman–Crippen LogP) is 6.81. The molecule has 2 aromatic heterocycles. The Morgan fingerprint density at radius 2 is 1.86 bits per heavy atom. The fourth-order valence-electron chi connectivity index (χ4n) is 4.23. The van der Waals surface area contributed by atoms with Crippen LogP contribution < -0.4 is 10.6 Å². The molecular weight excluding hydrogens is 464 g/mol. The van der Waals surface area contributed by atoms with Gasteiger partial charge >= 0.3 is 6.09 Å². The van der Waals surface area contributed by atoms with Crippen molar-refractivity contribution in [2.75, 3.05) is 5.32 Å². The molecule has 1 aromatic carbocycles. The number of ether oxygens (including phenoxy) is 1. The SMILES string of the molecule is CCc1cc(Nc2nccc(-c3ccc(CNC(=O)OC(C)(C)C)c(C)c3)n2)nn1CCC(CC)CC. The molecule has 0 aliphatic heterocycles. The molecule has 0 aliphatic carbocycles. The average molecular weight is 507 g/mol. The lowest BCUT2D eigenvalue weighted by molar-refractivity contribution is 0.0523. The van der Waals surface area contributed by atoms with E-state index in [0.717, 1.165) is 53.5 Å². The summed E-state index contributed by atoms with van der Waals surface area (Å²) in [4.78, 5) is 21.1. The van der Waals surface area contributed by atoms with Crippen molar-refractivity contribution in [3.05, 3.63) is 53.3 Å². The summed E-state index contributed by atoms with van der Waals surface area (Å²) in [6.07, 6.45) is 5.79. The van der Waals surface area contributed by atoms with Gasteiger partial charge in [0.05, 0.1) is 5.69 Å². The van der Waals surface area contributed by atoms with Crippen LogP contribution in [0.5, 0.6) is 0 Å². The van der Waals surface area contributed by atoms with Gasteiger partial charge in [0.15, 0.2) is 5.82 Å². The Labute approximate surface area is 221 Å². The number of aryl methyl sites for hydroxylation is 3. The van der Waals surface area contributed by atoms with Gasteiger partial charge in [0.25, 0.3) is 0 Å². The van der Waals surface area contributed by atoms with Gasteiger partial charge in [-0.3, -0.25) is 4.68 Å². The standard InChI is InChI=1S/C29H42N6O2/c1-8-21(9-2)14-16-35-24(10-3)18-26(34-35)33-27-30-15-13-25(32-27)22-11-12-23(20(4)17-22)19-31-28(36)37-29(5,6)7/h11-13,15,17-18,21H,8-10,14,16,19H2,1-7H3,(H,31,36)(H,30,32,33,34). The maximum atomic E-state index is 12.0. The topological polar surface area (TPSA) is 94.0 Å². The number of carbonyl (C=O) groups is 1. The second-order valence-corrected chi connectivity index (χ2v) is 10.5. The van der Waals surface area contributed by atoms with Crippen molar-refractivity contribution in [1.29, 1.82) is 0 Å². The van der Waals surface area contributed by atoms with Crippen molar-refractivity contribution in [3.8, 4) is 11.3 Å². The molecule has 37 heavy (non-hydrogen) atoms. The lowest BCUT2D eigenvalue weighted by Crippen LogP contribution is -2.32. The summed E-state index contributed by atoms with van der Waals surface area (Å²) in [5.41, 5.74) is 4.56.